The van der Waals surface area contributed by atoms with Crippen LogP contribution in [0.3, 0.4) is 0 Å². The minimum absolute atomic E-state index is 0.188. The third kappa shape index (κ3) is 9.45. The molecule has 1 fully saturated rings. The van der Waals surface area contributed by atoms with Crippen LogP contribution in [0.2, 0.25) is 5.04 Å². The Balaban J connectivity index is 1.98. The zero-order valence-corrected chi connectivity index (χ0v) is 28.2. The summed E-state index contributed by atoms with van der Waals surface area (Å²) in [5, 5.41) is 13.4. The second-order valence-corrected chi connectivity index (χ2v) is 17.4. The molecule has 0 unspecified atom stereocenters. The summed E-state index contributed by atoms with van der Waals surface area (Å²) >= 11 is 0. The molecule has 1 N–H and O–H groups in total. The molecule has 0 aliphatic heterocycles. The van der Waals surface area contributed by atoms with Gasteiger partial charge in [-0.25, -0.2) is 8.78 Å². The molecule has 2 aromatic carbocycles. The lowest BCUT2D eigenvalue weighted by Crippen LogP contribution is -2.68. The molecule has 7 heteroatoms. The van der Waals surface area contributed by atoms with Gasteiger partial charge in [0.1, 0.15) is 0 Å². The van der Waals surface area contributed by atoms with E-state index < -0.39 is 26.3 Å². The van der Waals surface area contributed by atoms with E-state index in [1.807, 2.05) is 49.4 Å². The topological polar surface area (TPSA) is 55.8 Å². The largest absolute Gasteiger partial charge is 0.469 e. The Labute approximate surface area is 264 Å². The minimum Gasteiger partial charge on any atom is -0.469 e. The highest BCUT2D eigenvalue weighted by Crippen LogP contribution is 2.44. The molecule has 4 nitrogen and oxygen atoms in total. The van der Waals surface area contributed by atoms with Crippen LogP contribution in [-0.4, -0.2) is 44.6 Å². The fraction of sp³-hybridized carbons (Fsp3) is 0.541. The van der Waals surface area contributed by atoms with E-state index in [1.165, 1.54) is 7.11 Å². The van der Waals surface area contributed by atoms with Crippen LogP contribution in [-0.2, 0) is 14.0 Å². The summed E-state index contributed by atoms with van der Waals surface area (Å²) in [6, 6.07) is 20.7. The highest BCUT2D eigenvalue weighted by Gasteiger charge is 2.54. The zero-order chi connectivity index (χ0) is 32.2. The van der Waals surface area contributed by atoms with Gasteiger partial charge in [0, 0.05) is 18.8 Å². The van der Waals surface area contributed by atoms with Crippen LogP contribution >= 0.6 is 0 Å². The first kappa shape index (κ1) is 35.9. The predicted octanol–water partition coefficient (Wildman–Crippen LogP) is 7.99. The van der Waals surface area contributed by atoms with Crippen LogP contribution in [0.4, 0.5) is 8.78 Å². The van der Waals surface area contributed by atoms with Crippen molar-refractivity contribution in [2.75, 3.05) is 7.11 Å². The molecular weight excluding hydrogens is 574 g/mol. The van der Waals surface area contributed by atoms with Gasteiger partial charge in [-0.2, -0.15) is 0 Å². The Morgan fingerprint density at radius 1 is 0.977 bits per heavy atom. The first-order chi connectivity index (χ1) is 20.9. The lowest BCUT2D eigenvalue weighted by atomic mass is 9.89. The number of carbonyl (C=O) groups excluding carboxylic acids is 1. The van der Waals surface area contributed by atoms with E-state index in [0.29, 0.717) is 38.5 Å². The van der Waals surface area contributed by atoms with Crippen molar-refractivity contribution in [1.82, 2.24) is 0 Å². The Morgan fingerprint density at radius 3 is 2.14 bits per heavy atom. The molecule has 0 aromatic heterocycles. The van der Waals surface area contributed by atoms with Gasteiger partial charge in [-0.05, 0) is 59.5 Å². The number of aliphatic hydroxyl groups excluding tert-OH is 1. The van der Waals surface area contributed by atoms with Gasteiger partial charge >= 0.3 is 5.97 Å². The minimum atomic E-state index is -2.93. The second-order valence-electron chi connectivity index (χ2n) is 13.1. The SMILES string of the molecule is CCCCCC(F)(F)/C=C/[C@@H]1[C@@H](C/C=C/CCCC(=O)OC)[C@@H](O[Si](c2ccccc2)(c2ccccc2)C(C)(C)C)C[C@H]1O. The van der Waals surface area contributed by atoms with Gasteiger partial charge in [-0.3, -0.25) is 4.79 Å². The molecule has 44 heavy (non-hydrogen) atoms. The van der Waals surface area contributed by atoms with Crippen molar-refractivity contribution in [2.45, 2.75) is 109 Å². The van der Waals surface area contributed by atoms with Crippen LogP contribution in [0.1, 0.15) is 85.5 Å². The van der Waals surface area contributed by atoms with Crippen LogP contribution in [0, 0.1) is 11.8 Å². The van der Waals surface area contributed by atoms with Gasteiger partial charge in [0.2, 0.25) is 0 Å². The molecule has 0 bridgehead atoms. The number of hydrogen-bond acceptors (Lipinski definition) is 4. The van der Waals surface area contributed by atoms with E-state index in [9.17, 15) is 18.7 Å². The van der Waals surface area contributed by atoms with E-state index in [4.69, 9.17) is 9.16 Å². The second kappa shape index (κ2) is 16.6. The lowest BCUT2D eigenvalue weighted by Gasteiger charge is -2.45. The standard InChI is InChI=1S/C37H52F2O4Si/c1-6-7-18-26-37(38,39)27-25-31-32(23-16-8-9-17-24-35(41)42-5)34(28-33(31)40)43-44(36(2,3)4,29-19-12-10-13-20-29)30-21-14-11-15-22-30/h8,10-16,19-22,25,27,31-34,40H,6-7,9,17-18,23-24,26,28H2,1-5H3/b16-8+,27-25+/t31-,32-,33-,34+/m1/s1. The Bertz CT molecular complexity index is 1150. The van der Waals surface area contributed by atoms with Crippen molar-refractivity contribution in [2.24, 2.45) is 11.8 Å². The molecule has 0 saturated heterocycles. The highest BCUT2D eigenvalue weighted by molar-refractivity contribution is 6.99. The number of ether oxygens (including phenoxy) is 1. The maximum atomic E-state index is 14.9. The molecule has 1 saturated carbocycles. The number of methoxy groups -OCH3 is 1. The first-order valence-electron chi connectivity index (χ1n) is 16.2. The number of unbranched alkanes of at least 4 members (excludes halogenated alkanes) is 3. The summed E-state index contributed by atoms with van der Waals surface area (Å²) in [7, 11) is -1.55. The molecule has 0 amide bonds. The quantitative estimate of drug-likeness (QED) is 0.0888. The monoisotopic (exact) mass is 626 g/mol. The maximum Gasteiger partial charge on any atom is 0.305 e. The van der Waals surface area contributed by atoms with Crippen molar-refractivity contribution >= 4 is 24.7 Å². The van der Waals surface area contributed by atoms with Crippen molar-refractivity contribution in [3.05, 3.63) is 85.0 Å². The number of aliphatic hydroxyl groups is 1. The average molecular weight is 627 g/mol. The normalized spacial score (nSPS) is 21.4. The molecule has 3 rings (SSSR count). The summed E-state index contributed by atoms with van der Waals surface area (Å²) in [5.74, 6) is -3.80. The molecule has 1 aliphatic carbocycles. The van der Waals surface area contributed by atoms with Crippen molar-refractivity contribution in [3.63, 3.8) is 0 Å². The van der Waals surface area contributed by atoms with Gasteiger partial charge in [0.05, 0.1) is 19.3 Å². The van der Waals surface area contributed by atoms with E-state index in [1.54, 1.807) is 6.08 Å². The molecule has 0 radical (unpaired) electrons. The number of carbonyl (C=O) groups is 1. The fourth-order valence-corrected chi connectivity index (χ4v) is 11.3. The zero-order valence-electron chi connectivity index (χ0n) is 27.2. The highest BCUT2D eigenvalue weighted by atomic mass is 28.4. The van der Waals surface area contributed by atoms with Crippen LogP contribution < -0.4 is 10.4 Å². The van der Waals surface area contributed by atoms with Gasteiger partial charge in [0.15, 0.2) is 0 Å². The lowest BCUT2D eigenvalue weighted by molar-refractivity contribution is -0.140. The molecule has 242 valence electrons. The van der Waals surface area contributed by atoms with Gasteiger partial charge < -0.3 is 14.3 Å². The number of alkyl halides is 2. The first-order valence-corrected chi connectivity index (χ1v) is 18.1. The van der Waals surface area contributed by atoms with E-state index in [-0.39, 0.29) is 29.5 Å². The third-order valence-electron chi connectivity index (χ3n) is 8.87. The number of halogens is 2. The third-order valence-corrected chi connectivity index (χ3v) is 13.9. The van der Waals surface area contributed by atoms with E-state index in [0.717, 1.165) is 29.3 Å². The number of allylic oxidation sites excluding steroid dienone is 3. The summed E-state index contributed by atoms with van der Waals surface area (Å²) in [5.41, 5.74) is 0. The molecule has 4 atom stereocenters. The Hall–Kier alpha value is -2.61. The number of esters is 1. The summed E-state index contributed by atoms with van der Waals surface area (Å²) < 4.78 is 41.9. The number of benzene rings is 2. The van der Waals surface area contributed by atoms with Crippen LogP contribution in [0.5, 0.6) is 0 Å². The van der Waals surface area contributed by atoms with Gasteiger partial charge in [0.25, 0.3) is 14.2 Å². The Morgan fingerprint density at radius 2 is 1.59 bits per heavy atom. The summed E-state index contributed by atoms with van der Waals surface area (Å²) in [4.78, 5) is 11.5. The number of rotatable bonds is 16. The van der Waals surface area contributed by atoms with Crippen LogP contribution in [0.15, 0.2) is 85.0 Å². The summed E-state index contributed by atoms with van der Waals surface area (Å²) in [6.07, 6.45) is 10.2. The average Bonchev–Trinajstić information content (AvgIpc) is 3.29. The molecule has 1 aliphatic rings. The number of hydrogen-bond donors (Lipinski definition) is 1. The van der Waals surface area contributed by atoms with Crippen molar-refractivity contribution in [3.8, 4) is 0 Å². The van der Waals surface area contributed by atoms with E-state index >= 15 is 0 Å². The fourth-order valence-electron chi connectivity index (χ4n) is 6.52. The molecule has 0 heterocycles. The smallest absolute Gasteiger partial charge is 0.305 e. The maximum absolute atomic E-state index is 14.9. The van der Waals surface area contributed by atoms with Crippen molar-refractivity contribution < 1.29 is 27.8 Å². The molecule has 2 aromatic rings. The van der Waals surface area contributed by atoms with E-state index in [2.05, 4.69) is 51.1 Å². The summed E-state index contributed by atoms with van der Waals surface area (Å²) in [6.45, 7) is 8.65. The molecular formula is C37H52F2O4Si. The van der Waals surface area contributed by atoms with Gasteiger partial charge in [-0.1, -0.05) is 119 Å². The predicted molar refractivity (Wildman–Crippen MR) is 178 cm³/mol. The Kier molecular flexibility index (Phi) is 13.6. The van der Waals surface area contributed by atoms with Gasteiger partial charge in [-0.15, -0.1) is 0 Å². The van der Waals surface area contributed by atoms with Crippen LogP contribution in [0.25, 0.3) is 0 Å². The molecule has 0 spiro atoms. The van der Waals surface area contributed by atoms with Crippen molar-refractivity contribution in [1.29, 1.82) is 0 Å².